The topological polar surface area (TPSA) is 30.5 Å². The van der Waals surface area contributed by atoms with E-state index in [1.54, 1.807) is 14.2 Å². The van der Waals surface area contributed by atoms with Crippen LogP contribution < -0.4 is 5.32 Å². The molecule has 0 fully saturated rings. The minimum atomic E-state index is -0.260. The van der Waals surface area contributed by atoms with Crippen LogP contribution in [0.5, 0.6) is 0 Å². The van der Waals surface area contributed by atoms with Crippen LogP contribution in [0.3, 0.4) is 0 Å². The van der Waals surface area contributed by atoms with Crippen molar-refractivity contribution >= 4 is 16.5 Å². The quantitative estimate of drug-likeness (QED) is 0.820. The third-order valence-corrected chi connectivity index (χ3v) is 3.05. The maximum absolute atomic E-state index is 5.26. The lowest BCUT2D eigenvalue weighted by Crippen LogP contribution is -2.33. The van der Waals surface area contributed by atoms with Gasteiger partial charge >= 0.3 is 0 Å². The third-order valence-electron chi connectivity index (χ3n) is 3.05. The molecule has 1 N–H and O–H groups in total. The summed E-state index contributed by atoms with van der Waals surface area (Å²) in [5.41, 5.74) is 1.10. The van der Waals surface area contributed by atoms with Crippen molar-refractivity contribution in [1.29, 1.82) is 0 Å². The zero-order valence-electron chi connectivity index (χ0n) is 11.0. The molecule has 0 amide bonds. The molecule has 0 aliphatic heterocycles. The lowest BCUT2D eigenvalue weighted by molar-refractivity contribution is -0.109. The van der Waals surface area contributed by atoms with E-state index < -0.39 is 0 Å². The summed E-state index contributed by atoms with van der Waals surface area (Å²) in [5, 5.41) is 5.87. The smallest absolute Gasteiger partial charge is 0.176 e. The first-order chi connectivity index (χ1) is 8.76. The van der Waals surface area contributed by atoms with Gasteiger partial charge in [0.25, 0.3) is 0 Å². The van der Waals surface area contributed by atoms with Gasteiger partial charge in [0.15, 0.2) is 6.29 Å². The van der Waals surface area contributed by atoms with E-state index >= 15 is 0 Å². The van der Waals surface area contributed by atoms with Gasteiger partial charge in [0.2, 0.25) is 0 Å². The molecule has 0 radical (unpaired) electrons. The summed E-state index contributed by atoms with van der Waals surface area (Å²) in [6.45, 7) is 2.04. The van der Waals surface area contributed by atoms with Crippen LogP contribution in [-0.2, 0) is 9.47 Å². The van der Waals surface area contributed by atoms with Gasteiger partial charge in [-0.05, 0) is 18.4 Å². The molecule has 3 heteroatoms. The molecule has 1 atom stereocenters. The first-order valence-corrected chi connectivity index (χ1v) is 6.06. The summed E-state index contributed by atoms with van der Waals surface area (Å²) in [4.78, 5) is 0. The van der Waals surface area contributed by atoms with Crippen molar-refractivity contribution in [2.24, 2.45) is 0 Å². The minimum Gasteiger partial charge on any atom is -0.377 e. The van der Waals surface area contributed by atoms with Gasteiger partial charge in [-0.3, -0.25) is 0 Å². The molecule has 0 spiro atoms. The number of rotatable bonds is 5. The van der Waals surface area contributed by atoms with Gasteiger partial charge in [0, 0.05) is 25.3 Å². The van der Waals surface area contributed by atoms with Crippen molar-refractivity contribution in [2.75, 3.05) is 19.5 Å². The van der Waals surface area contributed by atoms with Crippen LogP contribution in [0, 0.1) is 0 Å². The molecule has 3 nitrogen and oxygen atoms in total. The monoisotopic (exact) mass is 245 g/mol. The SMILES string of the molecule is COC(OC)C(C)Nc1cccc2ccccc12. The highest BCUT2D eigenvalue weighted by atomic mass is 16.7. The van der Waals surface area contributed by atoms with Gasteiger partial charge in [-0.25, -0.2) is 0 Å². The van der Waals surface area contributed by atoms with E-state index in [9.17, 15) is 0 Å². The van der Waals surface area contributed by atoms with E-state index in [1.165, 1.54) is 10.8 Å². The molecule has 1 unspecified atom stereocenters. The lowest BCUT2D eigenvalue weighted by atomic mass is 10.1. The maximum Gasteiger partial charge on any atom is 0.176 e. The highest BCUT2D eigenvalue weighted by Gasteiger charge is 2.15. The van der Waals surface area contributed by atoms with Crippen LogP contribution in [0.2, 0.25) is 0 Å². The number of benzene rings is 2. The summed E-state index contributed by atoms with van der Waals surface area (Å²) < 4.78 is 10.5. The molecular weight excluding hydrogens is 226 g/mol. The number of hydrogen-bond acceptors (Lipinski definition) is 3. The summed E-state index contributed by atoms with van der Waals surface area (Å²) in [5.74, 6) is 0. The second kappa shape index (κ2) is 5.85. The lowest BCUT2D eigenvalue weighted by Gasteiger charge is -2.23. The Bertz CT molecular complexity index is 503. The second-order valence-corrected chi connectivity index (χ2v) is 4.30. The molecular formula is C15H19NO2. The Kier molecular flexibility index (Phi) is 4.18. The predicted octanol–water partition coefficient (Wildman–Crippen LogP) is 3.26. The normalized spacial score (nSPS) is 12.9. The van der Waals surface area contributed by atoms with Crippen molar-refractivity contribution in [3.8, 4) is 0 Å². The maximum atomic E-state index is 5.26. The van der Waals surface area contributed by atoms with E-state index in [-0.39, 0.29) is 12.3 Å². The van der Waals surface area contributed by atoms with Crippen molar-refractivity contribution in [1.82, 2.24) is 0 Å². The number of anilines is 1. The molecule has 0 saturated carbocycles. The number of ether oxygens (including phenoxy) is 2. The summed E-state index contributed by atoms with van der Waals surface area (Å²) in [6, 6.07) is 14.6. The standard InChI is InChI=1S/C15H19NO2/c1-11(15(17-2)18-3)16-14-10-6-8-12-7-4-5-9-13(12)14/h4-11,15-16H,1-3H3. The largest absolute Gasteiger partial charge is 0.377 e. The molecule has 2 aromatic carbocycles. The Morgan fingerprint density at radius 1 is 0.944 bits per heavy atom. The summed E-state index contributed by atoms with van der Waals surface area (Å²) >= 11 is 0. The van der Waals surface area contributed by atoms with E-state index in [0.717, 1.165) is 5.69 Å². The van der Waals surface area contributed by atoms with Crippen molar-refractivity contribution in [2.45, 2.75) is 19.3 Å². The van der Waals surface area contributed by atoms with Crippen molar-refractivity contribution in [3.63, 3.8) is 0 Å². The van der Waals surface area contributed by atoms with Crippen LogP contribution in [0.25, 0.3) is 10.8 Å². The Morgan fingerprint density at radius 3 is 2.33 bits per heavy atom. The molecule has 0 bridgehead atoms. The number of nitrogens with one attached hydrogen (secondary N) is 1. The van der Waals surface area contributed by atoms with Gasteiger partial charge in [-0.15, -0.1) is 0 Å². The van der Waals surface area contributed by atoms with E-state index in [2.05, 4.69) is 29.6 Å². The van der Waals surface area contributed by atoms with E-state index in [4.69, 9.17) is 9.47 Å². The van der Waals surface area contributed by atoms with E-state index in [1.807, 2.05) is 25.1 Å². The number of hydrogen-bond donors (Lipinski definition) is 1. The van der Waals surface area contributed by atoms with Gasteiger partial charge in [-0.1, -0.05) is 36.4 Å². The molecule has 18 heavy (non-hydrogen) atoms. The molecule has 96 valence electrons. The average molecular weight is 245 g/mol. The molecule has 0 heterocycles. The molecule has 0 saturated heterocycles. The molecule has 0 aliphatic rings. The van der Waals surface area contributed by atoms with Crippen LogP contribution >= 0.6 is 0 Å². The Morgan fingerprint density at radius 2 is 1.61 bits per heavy atom. The van der Waals surface area contributed by atoms with Crippen molar-refractivity contribution < 1.29 is 9.47 Å². The average Bonchev–Trinajstić information content (AvgIpc) is 2.40. The fourth-order valence-corrected chi connectivity index (χ4v) is 2.17. The van der Waals surface area contributed by atoms with Gasteiger partial charge in [-0.2, -0.15) is 0 Å². The first kappa shape index (κ1) is 12.9. The van der Waals surface area contributed by atoms with Crippen LogP contribution in [0.15, 0.2) is 42.5 Å². The number of fused-ring (bicyclic) bond motifs is 1. The van der Waals surface area contributed by atoms with Crippen LogP contribution in [0.4, 0.5) is 5.69 Å². The molecule has 2 rings (SSSR count). The molecule has 0 aliphatic carbocycles. The zero-order chi connectivity index (χ0) is 13.0. The van der Waals surface area contributed by atoms with Gasteiger partial charge in [0.1, 0.15) is 0 Å². The number of methoxy groups -OCH3 is 2. The fraction of sp³-hybridized carbons (Fsp3) is 0.333. The molecule has 0 aromatic heterocycles. The highest BCUT2D eigenvalue weighted by molar-refractivity contribution is 5.93. The summed E-state index contributed by atoms with van der Waals surface area (Å²) in [7, 11) is 3.30. The highest BCUT2D eigenvalue weighted by Crippen LogP contribution is 2.24. The predicted molar refractivity (Wildman–Crippen MR) is 74.8 cm³/mol. The fourth-order valence-electron chi connectivity index (χ4n) is 2.17. The Hall–Kier alpha value is -1.58. The van der Waals surface area contributed by atoms with Crippen molar-refractivity contribution in [3.05, 3.63) is 42.5 Å². The van der Waals surface area contributed by atoms with Gasteiger partial charge in [0.05, 0.1) is 6.04 Å². The minimum absolute atomic E-state index is 0.0748. The second-order valence-electron chi connectivity index (χ2n) is 4.30. The van der Waals surface area contributed by atoms with Crippen LogP contribution in [0.1, 0.15) is 6.92 Å². The zero-order valence-corrected chi connectivity index (χ0v) is 11.0. The van der Waals surface area contributed by atoms with Gasteiger partial charge < -0.3 is 14.8 Å². The Balaban J connectivity index is 2.26. The summed E-state index contributed by atoms with van der Waals surface area (Å²) in [6.07, 6.45) is -0.260. The Labute approximate surface area is 108 Å². The molecule has 2 aromatic rings. The van der Waals surface area contributed by atoms with Crippen LogP contribution in [-0.4, -0.2) is 26.6 Å². The first-order valence-electron chi connectivity index (χ1n) is 6.06. The van der Waals surface area contributed by atoms with E-state index in [0.29, 0.717) is 0 Å². The third kappa shape index (κ3) is 2.63.